The monoisotopic (exact) mass is 306 g/mol. The summed E-state index contributed by atoms with van der Waals surface area (Å²) in [5.74, 6) is 1.05. The highest BCUT2D eigenvalue weighted by atomic mass is 16.5. The van der Waals surface area contributed by atoms with Crippen molar-refractivity contribution in [1.29, 1.82) is 0 Å². The van der Waals surface area contributed by atoms with Crippen LogP contribution in [0.1, 0.15) is 31.7 Å². The lowest BCUT2D eigenvalue weighted by molar-refractivity contribution is 0.143. The van der Waals surface area contributed by atoms with Gasteiger partial charge in [0.15, 0.2) is 0 Å². The number of carbonyl (C=O) groups is 1. The van der Waals surface area contributed by atoms with Crippen molar-refractivity contribution in [2.45, 2.75) is 33.1 Å². The van der Waals surface area contributed by atoms with Gasteiger partial charge in [-0.1, -0.05) is 13.0 Å². The molecule has 22 heavy (non-hydrogen) atoms. The number of rotatable bonds is 5. The molecule has 0 radical (unpaired) electrons. The van der Waals surface area contributed by atoms with Gasteiger partial charge in [0.1, 0.15) is 5.75 Å². The number of likely N-dealkylation sites (tertiary alicyclic amines) is 1. The highest BCUT2D eigenvalue weighted by Crippen LogP contribution is 2.27. The predicted molar refractivity (Wildman–Crippen MR) is 87.4 cm³/mol. The molecule has 2 N–H and O–H groups in total. The summed E-state index contributed by atoms with van der Waals surface area (Å²) in [7, 11) is 0. The molecule has 2 rings (SSSR count). The van der Waals surface area contributed by atoms with Crippen LogP contribution < -0.4 is 10.1 Å². The molecule has 1 aromatic rings. The Kier molecular flexibility index (Phi) is 6.07. The van der Waals surface area contributed by atoms with E-state index in [1.807, 2.05) is 25.1 Å². The van der Waals surface area contributed by atoms with Gasteiger partial charge in [-0.05, 0) is 49.8 Å². The Labute approximate surface area is 132 Å². The zero-order chi connectivity index (χ0) is 15.9. The van der Waals surface area contributed by atoms with Crippen molar-refractivity contribution < 1.29 is 14.6 Å². The van der Waals surface area contributed by atoms with E-state index in [9.17, 15) is 4.79 Å². The van der Waals surface area contributed by atoms with E-state index in [2.05, 4.69) is 12.2 Å². The summed E-state index contributed by atoms with van der Waals surface area (Å²) in [6.07, 6.45) is 2.64. The van der Waals surface area contributed by atoms with Gasteiger partial charge in [0, 0.05) is 19.7 Å². The predicted octanol–water partition coefficient (Wildman–Crippen LogP) is 3.02. The number of amides is 2. The minimum absolute atomic E-state index is 0.0957. The van der Waals surface area contributed by atoms with Crippen LogP contribution in [0, 0.1) is 12.8 Å². The number of anilines is 1. The average Bonchev–Trinajstić information content (AvgIpc) is 2.55. The van der Waals surface area contributed by atoms with Gasteiger partial charge in [-0.25, -0.2) is 4.79 Å². The van der Waals surface area contributed by atoms with Crippen molar-refractivity contribution >= 4 is 11.7 Å². The van der Waals surface area contributed by atoms with Crippen LogP contribution >= 0.6 is 0 Å². The van der Waals surface area contributed by atoms with Crippen LogP contribution in [0.15, 0.2) is 18.2 Å². The lowest BCUT2D eigenvalue weighted by atomic mass is 9.98. The lowest BCUT2D eigenvalue weighted by Crippen LogP contribution is -2.41. The number of nitrogens with zero attached hydrogens (tertiary/aromatic N) is 1. The van der Waals surface area contributed by atoms with Crippen molar-refractivity contribution in [1.82, 2.24) is 4.90 Å². The first-order valence-electron chi connectivity index (χ1n) is 8.04. The van der Waals surface area contributed by atoms with E-state index < -0.39 is 0 Å². The van der Waals surface area contributed by atoms with Crippen LogP contribution in [0.4, 0.5) is 10.5 Å². The van der Waals surface area contributed by atoms with Crippen LogP contribution in [0.3, 0.4) is 0 Å². The quantitative estimate of drug-likeness (QED) is 0.879. The first kappa shape index (κ1) is 16.6. The number of aliphatic hydroxyl groups is 1. The van der Waals surface area contributed by atoms with Crippen LogP contribution in [-0.2, 0) is 0 Å². The third kappa shape index (κ3) is 4.37. The number of benzene rings is 1. The molecule has 1 aliphatic heterocycles. The first-order chi connectivity index (χ1) is 10.6. The molecule has 0 atom stereocenters. The van der Waals surface area contributed by atoms with E-state index in [1.165, 1.54) is 0 Å². The molecule has 0 spiro atoms. The summed E-state index contributed by atoms with van der Waals surface area (Å²) >= 11 is 0. The Morgan fingerprint density at radius 3 is 2.77 bits per heavy atom. The largest absolute Gasteiger partial charge is 0.491 e. The van der Waals surface area contributed by atoms with E-state index in [1.54, 1.807) is 4.90 Å². The van der Waals surface area contributed by atoms with Gasteiger partial charge in [-0.15, -0.1) is 0 Å². The first-order valence-corrected chi connectivity index (χ1v) is 8.04. The van der Waals surface area contributed by atoms with Gasteiger partial charge in [0.2, 0.25) is 0 Å². The fourth-order valence-electron chi connectivity index (χ4n) is 2.58. The van der Waals surface area contributed by atoms with E-state index in [-0.39, 0.29) is 12.6 Å². The topological polar surface area (TPSA) is 61.8 Å². The normalized spacial score (nSPS) is 15.7. The zero-order valence-electron chi connectivity index (χ0n) is 13.5. The van der Waals surface area contributed by atoms with Crippen molar-refractivity contribution in [2.75, 3.05) is 31.6 Å². The number of nitrogens with one attached hydrogen (secondary N) is 1. The maximum Gasteiger partial charge on any atom is 0.321 e. The molecular weight excluding hydrogens is 280 g/mol. The zero-order valence-corrected chi connectivity index (χ0v) is 13.5. The number of hydrogen-bond acceptors (Lipinski definition) is 3. The highest BCUT2D eigenvalue weighted by molar-refractivity contribution is 5.91. The number of aliphatic hydroxyl groups excluding tert-OH is 1. The van der Waals surface area contributed by atoms with Crippen LogP contribution in [0.25, 0.3) is 0 Å². The molecule has 1 aliphatic rings. The Morgan fingerprint density at radius 2 is 2.14 bits per heavy atom. The maximum absolute atomic E-state index is 12.4. The molecule has 0 bridgehead atoms. The third-order valence-corrected chi connectivity index (χ3v) is 4.00. The number of urea groups is 1. The Morgan fingerprint density at radius 1 is 1.41 bits per heavy atom. The fourth-order valence-corrected chi connectivity index (χ4v) is 2.58. The Bertz CT molecular complexity index is 497. The average molecular weight is 306 g/mol. The van der Waals surface area contributed by atoms with Gasteiger partial charge in [-0.3, -0.25) is 0 Å². The smallest absolute Gasteiger partial charge is 0.321 e. The third-order valence-electron chi connectivity index (χ3n) is 4.00. The Balaban J connectivity index is 1.99. The van der Waals surface area contributed by atoms with Crippen molar-refractivity contribution in [3.05, 3.63) is 23.8 Å². The molecule has 0 unspecified atom stereocenters. The summed E-state index contributed by atoms with van der Waals surface area (Å²) in [6, 6.07) is 5.70. The van der Waals surface area contributed by atoms with E-state index >= 15 is 0 Å². The molecule has 0 aromatic heterocycles. The SMILES string of the molecule is CCCOc1cc(C)ccc1NC(=O)N1CCC(CO)CC1. The molecule has 1 fully saturated rings. The van der Waals surface area contributed by atoms with E-state index in [4.69, 9.17) is 9.84 Å². The van der Waals surface area contributed by atoms with E-state index in [0.29, 0.717) is 31.3 Å². The molecule has 1 heterocycles. The molecule has 5 nitrogen and oxygen atoms in total. The van der Waals surface area contributed by atoms with E-state index in [0.717, 1.165) is 30.6 Å². The number of ether oxygens (including phenoxy) is 1. The second-order valence-electron chi connectivity index (χ2n) is 5.89. The molecule has 1 saturated heterocycles. The second kappa shape index (κ2) is 8.03. The molecule has 0 saturated carbocycles. The molecule has 1 aromatic carbocycles. The van der Waals surface area contributed by atoms with Gasteiger partial charge in [0.25, 0.3) is 0 Å². The second-order valence-corrected chi connectivity index (χ2v) is 5.89. The minimum atomic E-state index is -0.0957. The maximum atomic E-state index is 12.4. The number of hydrogen-bond donors (Lipinski definition) is 2. The number of aryl methyl sites for hydroxylation is 1. The molecule has 0 aliphatic carbocycles. The number of carbonyl (C=O) groups excluding carboxylic acids is 1. The molecule has 122 valence electrons. The molecule has 2 amide bonds. The molecular formula is C17H26N2O3. The van der Waals surface area contributed by atoms with Crippen molar-refractivity contribution in [3.8, 4) is 5.75 Å². The minimum Gasteiger partial charge on any atom is -0.491 e. The summed E-state index contributed by atoms with van der Waals surface area (Å²) in [6.45, 7) is 6.28. The van der Waals surface area contributed by atoms with Gasteiger partial charge in [0.05, 0.1) is 12.3 Å². The van der Waals surface area contributed by atoms with Crippen LogP contribution in [-0.4, -0.2) is 42.3 Å². The fraction of sp³-hybridized carbons (Fsp3) is 0.588. The van der Waals surface area contributed by atoms with Crippen LogP contribution in [0.5, 0.6) is 5.75 Å². The van der Waals surface area contributed by atoms with Crippen molar-refractivity contribution in [2.24, 2.45) is 5.92 Å². The van der Waals surface area contributed by atoms with Gasteiger partial charge < -0.3 is 20.1 Å². The Hall–Kier alpha value is -1.75. The summed E-state index contributed by atoms with van der Waals surface area (Å²) in [5.41, 5.74) is 1.82. The summed E-state index contributed by atoms with van der Waals surface area (Å²) in [5, 5.41) is 12.1. The lowest BCUT2D eigenvalue weighted by Gasteiger charge is -2.31. The highest BCUT2D eigenvalue weighted by Gasteiger charge is 2.22. The molecule has 5 heteroatoms. The summed E-state index contributed by atoms with van der Waals surface area (Å²) in [4.78, 5) is 14.2. The summed E-state index contributed by atoms with van der Waals surface area (Å²) < 4.78 is 5.72. The number of piperidine rings is 1. The van der Waals surface area contributed by atoms with Crippen molar-refractivity contribution in [3.63, 3.8) is 0 Å². The standard InChI is InChI=1S/C17H26N2O3/c1-3-10-22-16-11-13(2)4-5-15(16)18-17(21)19-8-6-14(12-20)7-9-19/h4-5,11,14,20H,3,6-10,12H2,1-2H3,(H,18,21). The van der Waals surface area contributed by atoms with Gasteiger partial charge >= 0.3 is 6.03 Å². The van der Waals surface area contributed by atoms with Gasteiger partial charge in [-0.2, -0.15) is 0 Å². The van der Waals surface area contributed by atoms with Crippen LogP contribution in [0.2, 0.25) is 0 Å².